The van der Waals surface area contributed by atoms with Crippen LogP contribution in [0.25, 0.3) is 0 Å². The molecule has 0 unspecified atom stereocenters. The second kappa shape index (κ2) is 19.3. The second-order valence-electron chi connectivity index (χ2n) is 18.9. The quantitative estimate of drug-likeness (QED) is 0.0863. The fraction of sp³-hybridized carbons (Fsp3) is 0.651. The zero-order chi connectivity index (χ0) is 51.0. The Morgan fingerprint density at radius 1 is 0.625 bits per heavy atom. The number of rotatable bonds is 14. The molecule has 3 aromatic rings. The van der Waals surface area contributed by atoms with Gasteiger partial charge in [-0.05, 0) is 137 Å². The number of aromatic nitrogens is 4. The van der Waals surface area contributed by atoms with Crippen LogP contribution >= 0.6 is 15.2 Å². The van der Waals surface area contributed by atoms with Gasteiger partial charge in [0.05, 0.1) is 22.3 Å². The van der Waals surface area contributed by atoms with E-state index in [-0.39, 0.29) is 11.6 Å². The number of nitrogens with two attached hydrogens (primary N) is 1. The van der Waals surface area contributed by atoms with Crippen molar-refractivity contribution in [2.45, 2.75) is 183 Å². The van der Waals surface area contributed by atoms with Crippen LogP contribution in [0.4, 0.5) is 11.6 Å². The average molecular weight is 945 g/mol. The summed E-state index contributed by atoms with van der Waals surface area (Å²) in [5.74, 6) is -0.231. The first kappa shape index (κ1) is 58.4. The Morgan fingerprint density at radius 2 is 0.953 bits per heavy atom. The van der Waals surface area contributed by atoms with Crippen molar-refractivity contribution in [2.24, 2.45) is 0 Å². The molecule has 0 aliphatic heterocycles. The highest BCUT2D eigenvalue weighted by Gasteiger charge is 2.60. The lowest BCUT2D eigenvalue weighted by molar-refractivity contribution is -0.237. The van der Waals surface area contributed by atoms with Crippen molar-refractivity contribution < 1.29 is 53.2 Å². The summed E-state index contributed by atoms with van der Waals surface area (Å²) in [4.78, 5) is 85.7. The molecule has 64 heavy (non-hydrogen) atoms. The normalized spacial score (nSPS) is 15.2. The summed E-state index contributed by atoms with van der Waals surface area (Å²) in [6.07, 6.45) is 0. The minimum atomic E-state index is -4.77. The predicted octanol–water partition coefficient (Wildman–Crippen LogP) is 5.97. The number of hydrogen-bond acceptors (Lipinski definition) is 12. The molecule has 2 heterocycles. The maximum Gasteiger partial charge on any atom is 0.356 e. The smallest absolute Gasteiger partial charge is 0.356 e. The van der Waals surface area contributed by atoms with Crippen molar-refractivity contribution in [3.63, 3.8) is 0 Å². The third kappa shape index (κ3) is 11.3. The van der Waals surface area contributed by atoms with E-state index in [0.29, 0.717) is 28.1 Å². The Morgan fingerprint density at radius 3 is 1.28 bits per heavy atom. The summed E-state index contributed by atoms with van der Waals surface area (Å²) in [6, 6.07) is 8.49. The van der Waals surface area contributed by atoms with Gasteiger partial charge in [-0.2, -0.15) is 9.97 Å². The second-order valence-corrected chi connectivity index (χ2v) is 23.3. The summed E-state index contributed by atoms with van der Waals surface area (Å²) in [5, 5.41) is 20.9. The lowest BCUT2D eigenvalue weighted by atomic mass is 9.72. The highest BCUT2D eigenvalue weighted by atomic mass is 31.2. The summed E-state index contributed by atoms with van der Waals surface area (Å²) < 4.78 is 38.7. The van der Waals surface area contributed by atoms with Crippen LogP contribution in [-0.2, 0) is 29.7 Å². The molecular weight excluding hydrogens is 870 g/mol. The van der Waals surface area contributed by atoms with E-state index in [0.717, 1.165) is 0 Å². The molecule has 0 spiro atoms. The van der Waals surface area contributed by atoms with Crippen LogP contribution in [0.5, 0.6) is 0 Å². The topological polar surface area (TPSA) is 299 Å². The van der Waals surface area contributed by atoms with E-state index in [9.17, 15) is 53.3 Å². The van der Waals surface area contributed by atoms with Crippen LogP contribution in [0.1, 0.15) is 144 Å². The molecule has 0 saturated carbocycles. The van der Waals surface area contributed by atoms with Gasteiger partial charge < -0.3 is 50.3 Å². The molecule has 3 rings (SSSR count). The van der Waals surface area contributed by atoms with Crippen LogP contribution in [0.15, 0.2) is 39.9 Å². The van der Waals surface area contributed by atoms with Gasteiger partial charge in [-0.25, -0.2) is 9.59 Å². The van der Waals surface area contributed by atoms with Crippen LogP contribution < -0.4 is 22.4 Å². The van der Waals surface area contributed by atoms with Crippen molar-refractivity contribution in [1.29, 1.82) is 0 Å². The number of benzene rings is 1. The predicted molar refractivity (Wildman–Crippen MR) is 249 cm³/mol. The van der Waals surface area contributed by atoms with E-state index in [1.54, 1.807) is 85.7 Å². The minimum Gasteiger partial charge on any atom is -0.387 e. The first-order chi connectivity index (χ1) is 28.4. The molecule has 21 heteroatoms. The number of anilines is 2. The maximum absolute atomic E-state index is 13.3. The largest absolute Gasteiger partial charge is 0.387 e. The third-order valence-electron chi connectivity index (χ3n) is 12.7. The standard InChI is InChI=1S/C24H36N3O7P.C17H32N3O6P.C2H6/c1-15-16(2)27(20(29)26-18(15)25-19(28)17-13-11-10-12-14-17)21(3,4)24(9,22(5,6)30)34-23(7,8)35(31,32)33;1-10-11(2)20(13(21)19-12(10)18)14(3,4)17(9,15(5,6)22)26-16(7,8)27(23,24)25;1-2/h10-14,30H,1-9H3,(H2,31,32,33)(H,25,26,28,29);22H,1-9H3,(H2,18,19,21)(H2,23,24,25);1-2H3/t24-;17-;/m00./s1. The summed E-state index contributed by atoms with van der Waals surface area (Å²) >= 11 is 0. The molecule has 2 aromatic heterocycles. The van der Waals surface area contributed by atoms with E-state index >= 15 is 0 Å². The number of carbonyl (C=O) groups is 1. The van der Waals surface area contributed by atoms with Crippen LogP contribution in [0.3, 0.4) is 0 Å². The fourth-order valence-corrected chi connectivity index (χ4v) is 7.80. The van der Waals surface area contributed by atoms with Gasteiger partial charge >= 0.3 is 26.6 Å². The lowest BCUT2D eigenvalue weighted by Gasteiger charge is -2.54. The molecule has 0 bridgehead atoms. The number of nitrogens with zero attached hydrogens (tertiary/aromatic N) is 4. The van der Waals surface area contributed by atoms with Crippen LogP contribution in [-0.4, -0.2) is 87.9 Å². The number of amides is 1. The minimum absolute atomic E-state index is 0.0924. The molecule has 9 N–H and O–H groups in total. The van der Waals surface area contributed by atoms with Crippen LogP contribution in [0, 0.1) is 27.7 Å². The summed E-state index contributed by atoms with van der Waals surface area (Å²) in [7, 11) is -9.46. The van der Waals surface area contributed by atoms with Gasteiger partial charge in [0.25, 0.3) is 5.91 Å². The molecule has 2 atom stereocenters. The highest BCUT2D eigenvalue weighted by Crippen LogP contribution is 2.57. The van der Waals surface area contributed by atoms with E-state index in [2.05, 4.69) is 15.3 Å². The third-order valence-corrected chi connectivity index (χ3v) is 15.7. The molecule has 1 aromatic carbocycles. The molecule has 0 radical (unpaired) electrons. The Bertz CT molecular complexity index is 2370. The number of aliphatic hydroxyl groups is 2. The molecule has 0 aliphatic rings. The Hall–Kier alpha value is -3.61. The Balaban J connectivity index is 0.000000636. The molecule has 0 fully saturated rings. The zero-order valence-electron chi connectivity index (χ0n) is 41.2. The average Bonchev–Trinajstić information content (AvgIpc) is 3.11. The van der Waals surface area contributed by atoms with E-state index in [1.807, 2.05) is 13.8 Å². The van der Waals surface area contributed by atoms with Crippen molar-refractivity contribution in [1.82, 2.24) is 19.1 Å². The first-order valence-electron chi connectivity index (χ1n) is 20.7. The van der Waals surface area contributed by atoms with Crippen molar-refractivity contribution in [2.75, 3.05) is 11.1 Å². The summed E-state index contributed by atoms with van der Waals surface area (Å²) in [5.41, 5.74) is -2.31. The Kier molecular flexibility index (Phi) is 17.6. The van der Waals surface area contributed by atoms with Crippen molar-refractivity contribution in [3.05, 3.63) is 79.4 Å². The van der Waals surface area contributed by atoms with Crippen LogP contribution in [0.2, 0.25) is 0 Å². The fourth-order valence-electron chi connectivity index (χ4n) is 7.19. The van der Waals surface area contributed by atoms with Gasteiger partial charge in [0.15, 0.2) is 10.7 Å². The number of hydrogen-bond donors (Lipinski definition) is 8. The van der Waals surface area contributed by atoms with E-state index < -0.39 is 76.6 Å². The monoisotopic (exact) mass is 944 g/mol. The van der Waals surface area contributed by atoms with Gasteiger partial charge in [0, 0.05) is 28.1 Å². The Labute approximate surface area is 377 Å². The van der Waals surface area contributed by atoms with Gasteiger partial charge in [-0.15, -0.1) is 0 Å². The van der Waals surface area contributed by atoms with E-state index in [1.165, 1.54) is 78.4 Å². The molecule has 364 valence electrons. The number of nitrogens with one attached hydrogen (secondary N) is 1. The molecule has 0 saturated heterocycles. The lowest BCUT2D eigenvalue weighted by Crippen LogP contribution is -2.67. The van der Waals surface area contributed by atoms with Gasteiger partial charge in [0.1, 0.15) is 22.8 Å². The number of ether oxygens (including phenoxy) is 2. The van der Waals surface area contributed by atoms with E-state index in [4.69, 9.17) is 15.2 Å². The maximum atomic E-state index is 13.3. The first-order valence-corrected chi connectivity index (χ1v) is 23.9. The molecule has 19 nitrogen and oxygen atoms in total. The number of nitrogen functional groups attached to an aromatic ring is 1. The molecule has 0 aliphatic carbocycles. The molecule has 1 amide bonds. The summed E-state index contributed by atoms with van der Waals surface area (Å²) in [6.45, 7) is 31.1. The SMILES string of the molecule is CC.Cc1c(N)nc(=O)n(C(C)(C)[C@](C)(OC(C)(C)P(=O)(O)O)C(C)(C)O)c1C.Cc1c(NC(=O)c2ccccc2)nc(=O)n(C(C)(C)[C@](C)(OC(C)(C)P(=O)(O)O)C(C)(C)O)c1C. The van der Waals surface area contributed by atoms with Gasteiger partial charge in [-0.3, -0.25) is 23.1 Å². The highest BCUT2D eigenvalue weighted by molar-refractivity contribution is 7.53. The zero-order valence-corrected chi connectivity index (χ0v) is 43.0. The van der Waals surface area contributed by atoms with Crippen molar-refractivity contribution in [3.8, 4) is 0 Å². The van der Waals surface area contributed by atoms with Crippen molar-refractivity contribution >= 4 is 32.7 Å². The molecular formula is C43H74N6O13P2. The van der Waals surface area contributed by atoms with Gasteiger partial charge in [-0.1, -0.05) is 32.0 Å². The van der Waals surface area contributed by atoms with Gasteiger partial charge in [0.2, 0.25) is 0 Å². The number of carbonyl (C=O) groups excluding carboxylic acids is 1.